The van der Waals surface area contributed by atoms with Crippen molar-refractivity contribution in [1.82, 2.24) is 10.9 Å². The normalized spacial score (nSPS) is 10.8. The summed E-state index contributed by atoms with van der Waals surface area (Å²) in [5.41, 5.74) is 4.96. The number of rotatable bonds is 9. The molecule has 0 saturated heterocycles. The summed E-state index contributed by atoms with van der Waals surface area (Å²) in [6.07, 6.45) is 2.04. The summed E-state index contributed by atoms with van der Waals surface area (Å²) >= 11 is 0. The highest BCUT2D eigenvalue weighted by molar-refractivity contribution is 5.94. The largest absolute Gasteiger partial charge is 0.494 e. The Morgan fingerprint density at radius 2 is 1.96 bits per heavy atom. The van der Waals surface area contributed by atoms with Gasteiger partial charge in [-0.15, -0.1) is 0 Å². The van der Waals surface area contributed by atoms with Gasteiger partial charge in [0.05, 0.1) is 13.2 Å². The minimum Gasteiger partial charge on any atom is -0.494 e. The molecule has 1 amide bonds. The van der Waals surface area contributed by atoms with E-state index in [1.807, 2.05) is 0 Å². The van der Waals surface area contributed by atoms with E-state index in [2.05, 4.69) is 24.7 Å². The fourth-order valence-corrected chi connectivity index (χ4v) is 1.71. The van der Waals surface area contributed by atoms with E-state index in [0.717, 1.165) is 12.6 Å². The van der Waals surface area contributed by atoms with Gasteiger partial charge in [-0.3, -0.25) is 10.2 Å². The molecule has 0 saturated carbocycles. The maximum Gasteiger partial charge on any atom is 0.350 e. The number of carbonyl (C=O) groups excluding carboxylic acids is 2. The summed E-state index contributed by atoms with van der Waals surface area (Å²) in [6.45, 7) is 6.67. The summed E-state index contributed by atoms with van der Waals surface area (Å²) < 4.78 is 10.3. The molecule has 2 N–H and O–H groups in total. The average Bonchev–Trinajstić information content (AvgIpc) is 2.59. The third-order valence-electron chi connectivity index (χ3n) is 3.10. The average molecular weight is 345 g/mol. The van der Waals surface area contributed by atoms with Crippen molar-refractivity contribution in [3.8, 4) is 11.8 Å². The van der Waals surface area contributed by atoms with E-state index in [-0.39, 0.29) is 12.2 Å². The van der Waals surface area contributed by atoms with E-state index in [1.165, 1.54) is 0 Å². The zero-order chi connectivity index (χ0) is 18.7. The predicted octanol–water partition coefficient (Wildman–Crippen LogP) is 2.32. The number of hydrogen-bond acceptors (Lipinski definition) is 6. The highest BCUT2D eigenvalue weighted by Gasteiger charge is 2.10. The molecule has 1 rings (SSSR count). The fourth-order valence-electron chi connectivity index (χ4n) is 1.71. The van der Waals surface area contributed by atoms with Crippen molar-refractivity contribution in [2.45, 2.75) is 27.2 Å². The van der Waals surface area contributed by atoms with Gasteiger partial charge in [-0.05, 0) is 43.5 Å². The van der Waals surface area contributed by atoms with Gasteiger partial charge in [0.15, 0.2) is 5.57 Å². The van der Waals surface area contributed by atoms with Gasteiger partial charge in [0.25, 0.3) is 5.91 Å². The molecule has 0 bridgehead atoms. The Kier molecular flexibility index (Phi) is 8.58. The van der Waals surface area contributed by atoms with Crippen LogP contribution in [0.15, 0.2) is 36.0 Å². The molecule has 0 radical (unpaired) electrons. The molecule has 134 valence electrons. The van der Waals surface area contributed by atoms with E-state index in [1.54, 1.807) is 37.3 Å². The molecule has 0 aliphatic carbocycles. The van der Waals surface area contributed by atoms with Crippen molar-refractivity contribution in [3.63, 3.8) is 0 Å². The van der Waals surface area contributed by atoms with Crippen molar-refractivity contribution in [3.05, 3.63) is 41.6 Å². The molecule has 0 atom stereocenters. The van der Waals surface area contributed by atoms with E-state index < -0.39 is 11.9 Å². The smallest absolute Gasteiger partial charge is 0.350 e. The van der Waals surface area contributed by atoms with Crippen molar-refractivity contribution < 1.29 is 19.1 Å². The molecule has 0 aliphatic rings. The van der Waals surface area contributed by atoms with Crippen LogP contribution in [0.4, 0.5) is 0 Å². The SMILES string of the molecule is CCOC(=O)/C(C#N)=C/NNC(=O)c1ccc(OCCC(C)C)cc1. The summed E-state index contributed by atoms with van der Waals surface area (Å²) in [5, 5.41) is 8.86. The van der Waals surface area contributed by atoms with Crippen LogP contribution >= 0.6 is 0 Å². The van der Waals surface area contributed by atoms with Crippen LogP contribution in [0.1, 0.15) is 37.6 Å². The summed E-state index contributed by atoms with van der Waals surface area (Å²) in [6, 6.07) is 8.37. The number of nitriles is 1. The number of nitrogens with one attached hydrogen (secondary N) is 2. The Hall–Kier alpha value is -3.01. The van der Waals surface area contributed by atoms with Crippen molar-refractivity contribution >= 4 is 11.9 Å². The summed E-state index contributed by atoms with van der Waals surface area (Å²) in [4.78, 5) is 23.4. The zero-order valence-electron chi connectivity index (χ0n) is 14.7. The molecule has 0 fully saturated rings. The molecule has 25 heavy (non-hydrogen) atoms. The lowest BCUT2D eigenvalue weighted by Gasteiger charge is -2.09. The van der Waals surface area contributed by atoms with Gasteiger partial charge < -0.3 is 14.9 Å². The van der Waals surface area contributed by atoms with Gasteiger partial charge in [-0.25, -0.2) is 4.79 Å². The lowest BCUT2D eigenvalue weighted by Crippen LogP contribution is -2.34. The van der Waals surface area contributed by atoms with E-state index in [9.17, 15) is 9.59 Å². The van der Waals surface area contributed by atoms with Crippen molar-refractivity contribution in [2.24, 2.45) is 5.92 Å². The number of amides is 1. The first-order valence-corrected chi connectivity index (χ1v) is 8.04. The number of carbonyl (C=O) groups is 2. The second-order valence-electron chi connectivity index (χ2n) is 5.54. The van der Waals surface area contributed by atoms with Crippen LogP contribution in [0.5, 0.6) is 5.75 Å². The van der Waals surface area contributed by atoms with Gasteiger partial charge >= 0.3 is 5.97 Å². The second kappa shape index (κ2) is 10.7. The van der Waals surface area contributed by atoms with Crippen LogP contribution in [-0.4, -0.2) is 25.1 Å². The Labute approximate surface area is 147 Å². The Morgan fingerprint density at radius 3 is 2.52 bits per heavy atom. The number of ether oxygens (including phenoxy) is 2. The first-order chi connectivity index (χ1) is 12.0. The topological polar surface area (TPSA) is 100 Å². The molecular formula is C18H23N3O4. The molecule has 0 unspecified atom stereocenters. The number of benzene rings is 1. The third-order valence-corrected chi connectivity index (χ3v) is 3.10. The Balaban J connectivity index is 2.52. The van der Waals surface area contributed by atoms with Crippen molar-refractivity contribution in [2.75, 3.05) is 13.2 Å². The molecule has 1 aromatic carbocycles. The minimum atomic E-state index is -0.755. The lowest BCUT2D eigenvalue weighted by molar-refractivity contribution is -0.138. The quantitative estimate of drug-likeness (QED) is 0.308. The van der Waals surface area contributed by atoms with Crippen molar-refractivity contribution in [1.29, 1.82) is 5.26 Å². The van der Waals surface area contributed by atoms with Crippen LogP contribution in [0.3, 0.4) is 0 Å². The number of hydrazine groups is 1. The second-order valence-corrected chi connectivity index (χ2v) is 5.54. The standard InChI is InChI=1S/C18H23N3O4/c1-4-24-18(23)15(11-19)12-20-21-17(22)14-5-7-16(8-6-14)25-10-9-13(2)3/h5-8,12-13,20H,4,9-10H2,1-3H3,(H,21,22)/b15-12+. The van der Waals surface area contributed by atoms with E-state index in [0.29, 0.717) is 23.8 Å². The predicted molar refractivity (Wildman–Crippen MR) is 92.3 cm³/mol. The van der Waals surface area contributed by atoms with Gasteiger partial charge in [0.1, 0.15) is 11.8 Å². The van der Waals surface area contributed by atoms with Crippen LogP contribution in [-0.2, 0) is 9.53 Å². The molecule has 7 nitrogen and oxygen atoms in total. The van der Waals surface area contributed by atoms with Gasteiger partial charge in [-0.2, -0.15) is 5.26 Å². The monoisotopic (exact) mass is 345 g/mol. The van der Waals surface area contributed by atoms with E-state index >= 15 is 0 Å². The summed E-state index contributed by atoms with van der Waals surface area (Å²) in [5.74, 6) is 0.0944. The summed E-state index contributed by atoms with van der Waals surface area (Å²) in [7, 11) is 0. The first kappa shape index (κ1) is 20.0. The molecule has 0 spiro atoms. The van der Waals surface area contributed by atoms with E-state index in [4.69, 9.17) is 14.7 Å². The minimum absolute atomic E-state index is 0.163. The maximum atomic E-state index is 12.0. The highest BCUT2D eigenvalue weighted by Crippen LogP contribution is 2.13. The first-order valence-electron chi connectivity index (χ1n) is 8.04. The number of nitrogens with zero attached hydrogens (tertiary/aromatic N) is 1. The molecule has 0 aromatic heterocycles. The van der Waals surface area contributed by atoms with Crippen LogP contribution < -0.4 is 15.6 Å². The van der Waals surface area contributed by atoms with Gasteiger partial charge in [-0.1, -0.05) is 13.8 Å². The lowest BCUT2D eigenvalue weighted by atomic mass is 10.1. The number of esters is 1. The molecule has 0 heterocycles. The van der Waals surface area contributed by atoms with Gasteiger partial charge in [0, 0.05) is 11.8 Å². The number of hydrogen-bond donors (Lipinski definition) is 2. The highest BCUT2D eigenvalue weighted by atomic mass is 16.5. The molecular weight excluding hydrogens is 322 g/mol. The Bertz CT molecular complexity index is 645. The maximum absolute atomic E-state index is 12.0. The van der Waals surface area contributed by atoms with Crippen LogP contribution in [0.25, 0.3) is 0 Å². The zero-order valence-corrected chi connectivity index (χ0v) is 14.7. The van der Waals surface area contributed by atoms with Gasteiger partial charge in [0.2, 0.25) is 0 Å². The van der Waals surface area contributed by atoms with Crippen LogP contribution in [0, 0.1) is 17.2 Å². The fraction of sp³-hybridized carbons (Fsp3) is 0.389. The Morgan fingerprint density at radius 1 is 1.28 bits per heavy atom. The molecule has 1 aromatic rings. The third kappa shape index (κ3) is 7.40. The molecule has 7 heteroatoms. The molecule has 0 aliphatic heterocycles. The van der Waals surface area contributed by atoms with Crippen LogP contribution in [0.2, 0.25) is 0 Å².